The van der Waals surface area contributed by atoms with Gasteiger partial charge in [0.25, 0.3) is 0 Å². The Labute approximate surface area is 139 Å². The van der Waals surface area contributed by atoms with Crippen molar-refractivity contribution in [3.63, 3.8) is 0 Å². The number of hydrogen-bond donors (Lipinski definition) is 2. The van der Waals surface area contributed by atoms with Crippen molar-refractivity contribution in [3.8, 4) is 0 Å². The first kappa shape index (κ1) is 21.0. The number of aliphatic hydroxyl groups excluding tert-OH is 1. The number of rotatable bonds is 7. The van der Waals surface area contributed by atoms with Crippen LogP contribution in [0.25, 0.3) is 0 Å². The summed E-state index contributed by atoms with van der Waals surface area (Å²) in [6.45, 7) is -3.15. The van der Waals surface area contributed by atoms with Crippen molar-refractivity contribution in [1.82, 2.24) is 4.90 Å². The van der Waals surface area contributed by atoms with Crippen molar-refractivity contribution in [2.45, 2.75) is 12.4 Å². The third-order valence-electron chi connectivity index (χ3n) is 2.90. The normalized spacial score (nSPS) is 12.1. The van der Waals surface area contributed by atoms with E-state index >= 15 is 0 Å². The topological polar surface area (TPSA) is 61.8 Å². The molecule has 0 fully saturated rings. The molecule has 0 radical (unpaired) electrons. The predicted octanol–water partition coefficient (Wildman–Crippen LogP) is 3.11. The lowest BCUT2D eigenvalue weighted by Gasteiger charge is -2.23. The Morgan fingerprint density at radius 1 is 1.12 bits per heavy atom. The second kappa shape index (κ2) is 8.90. The van der Waals surface area contributed by atoms with Crippen LogP contribution in [0.5, 0.6) is 0 Å². The first-order valence-electron chi connectivity index (χ1n) is 7.02. The van der Waals surface area contributed by atoms with E-state index in [2.05, 4.69) is 4.74 Å². The number of ether oxygens (including phenoxy) is 1. The largest absolute Gasteiger partial charge is 0.418 e. The van der Waals surface area contributed by atoms with Crippen LogP contribution < -0.4 is 5.32 Å². The van der Waals surface area contributed by atoms with Gasteiger partial charge in [0.1, 0.15) is 6.61 Å². The molecule has 5 nitrogen and oxygen atoms in total. The summed E-state index contributed by atoms with van der Waals surface area (Å²) in [6, 6.07) is 3.25. The van der Waals surface area contributed by atoms with Gasteiger partial charge in [-0.15, -0.1) is 0 Å². The maximum Gasteiger partial charge on any atom is 0.418 e. The smallest absolute Gasteiger partial charge is 0.395 e. The zero-order chi connectivity index (χ0) is 19.1. The maximum atomic E-state index is 12.9. The summed E-state index contributed by atoms with van der Waals surface area (Å²) in [5, 5.41) is 10.9. The van der Waals surface area contributed by atoms with Gasteiger partial charge in [-0.2, -0.15) is 26.3 Å². The minimum absolute atomic E-state index is 0.282. The van der Waals surface area contributed by atoms with Crippen LogP contribution in [0.2, 0.25) is 0 Å². The molecule has 0 aliphatic carbocycles. The van der Waals surface area contributed by atoms with Crippen molar-refractivity contribution in [1.29, 1.82) is 0 Å². The third kappa shape index (κ3) is 7.61. The number of anilines is 1. The Balaban J connectivity index is 2.71. The number of hydrogen-bond acceptors (Lipinski definition) is 3. The summed E-state index contributed by atoms with van der Waals surface area (Å²) >= 11 is 0. The number of urea groups is 1. The van der Waals surface area contributed by atoms with E-state index in [4.69, 9.17) is 5.11 Å². The van der Waals surface area contributed by atoms with E-state index in [-0.39, 0.29) is 13.1 Å². The van der Waals surface area contributed by atoms with Crippen LogP contribution in [-0.4, -0.2) is 55.1 Å². The molecule has 0 aromatic heterocycles. The molecule has 0 atom stereocenters. The molecule has 0 heterocycles. The zero-order valence-electron chi connectivity index (χ0n) is 12.8. The minimum atomic E-state index is -4.69. The van der Waals surface area contributed by atoms with Gasteiger partial charge < -0.3 is 20.1 Å². The van der Waals surface area contributed by atoms with Crippen molar-refractivity contribution >= 4 is 11.7 Å². The zero-order valence-corrected chi connectivity index (χ0v) is 12.8. The van der Waals surface area contributed by atoms with Gasteiger partial charge in [0.2, 0.25) is 0 Å². The van der Waals surface area contributed by atoms with Crippen LogP contribution >= 0.6 is 0 Å². The molecular weight excluding hydrogens is 358 g/mol. The standard InChI is InChI=1S/C14H16F6N2O3/c15-13(16,17)9-25-8-6-22(5-7-23)12(24)21-11-4-2-1-3-10(11)14(18,19)20/h1-4,23H,5-9H2,(H,21,24). The lowest BCUT2D eigenvalue weighted by molar-refractivity contribution is -0.174. The molecule has 0 aliphatic heterocycles. The summed E-state index contributed by atoms with van der Waals surface area (Å²) in [7, 11) is 0. The van der Waals surface area contributed by atoms with E-state index < -0.39 is 49.5 Å². The molecule has 0 aliphatic rings. The molecule has 25 heavy (non-hydrogen) atoms. The van der Waals surface area contributed by atoms with Gasteiger partial charge in [-0.3, -0.25) is 0 Å². The second-order valence-corrected chi connectivity index (χ2v) is 4.85. The number of carbonyl (C=O) groups is 1. The highest BCUT2D eigenvalue weighted by Crippen LogP contribution is 2.34. The Bertz CT molecular complexity index is 562. The van der Waals surface area contributed by atoms with Crippen molar-refractivity contribution in [2.24, 2.45) is 0 Å². The molecule has 11 heteroatoms. The number of halogens is 6. The van der Waals surface area contributed by atoms with E-state index in [0.717, 1.165) is 23.1 Å². The molecule has 2 amide bonds. The van der Waals surface area contributed by atoms with Gasteiger partial charge in [0.15, 0.2) is 0 Å². The molecule has 0 unspecified atom stereocenters. The fraction of sp³-hybridized carbons (Fsp3) is 0.500. The van der Waals surface area contributed by atoms with E-state index in [1.807, 2.05) is 5.32 Å². The van der Waals surface area contributed by atoms with Gasteiger partial charge in [-0.25, -0.2) is 4.79 Å². The highest BCUT2D eigenvalue weighted by molar-refractivity contribution is 5.90. The third-order valence-corrected chi connectivity index (χ3v) is 2.90. The molecule has 0 spiro atoms. The minimum Gasteiger partial charge on any atom is -0.395 e. The highest BCUT2D eigenvalue weighted by Gasteiger charge is 2.34. The van der Waals surface area contributed by atoms with Gasteiger partial charge in [0, 0.05) is 13.1 Å². The highest BCUT2D eigenvalue weighted by atomic mass is 19.4. The monoisotopic (exact) mass is 374 g/mol. The predicted molar refractivity (Wildman–Crippen MR) is 76.0 cm³/mol. The molecule has 1 aromatic carbocycles. The van der Waals surface area contributed by atoms with E-state index in [1.165, 1.54) is 6.07 Å². The van der Waals surface area contributed by atoms with Crippen LogP contribution in [0.15, 0.2) is 24.3 Å². The van der Waals surface area contributed by atoms with Crippen molar-refractivity contribution in [2.75, 3.05) is 38.2 Å². The molecule has 0 saturated carbocycles. The maximum absolute atomic E-state index is 12.9. The van der Waals surface area contributed by atoms with Crippen LogP contribution in [-0.2, 0) is 10.9 Å². The first-order chi connectivity index (χ1) is 11.5. The van der Waals surface area contributed by atoms with Gasteiger partial charge in [-0.1, -0.05) is 12.1 Å². The van der Waals surface area contributed by atoms with Crippen LogP contribution in [0.1, 0.15) is 5.56 Å². The fourth-order valence-corrected chi connectivity index (χ4v) is 1.83. The van der Waals surface area contributed by atoms with Gasteiger partial charge in [-0.05, 0) is 12.1 Å². The van der Waals surface area contributed by atoms with Gasteiger partial charge in [0.05, 0.1) is 24.5 Å². The Morgan fingerprint density at radius 2 is 1.76 bits per heavy atom. The average molecular weight is 374 g/mol. The molecule has 142 valence electrons. The summed E-state index contributed by atoms with van der Waals surface area (Å²) in [5.74, 6) is 0. The molecule has 0 bridgehead atoms. The quantitative estimate of drug-likeness (QED) is 0.570. The summed E-state index contributed by atoms with van der Waals surface area (Å²) in [6.07, 6.45) is -9.22. The van der Waals surface area contributed by atoms with Crippen LogP contribution in [0.3, 0.4) is 0 Å². The van der Waals surface area contributed by atoms with Crippen LogP contribution in [0.4, 0.5) is 36.8 Å². The van der Waals surface area contributed by atoms with E-state index in [1.54, 1.807) is 0 Å². The average Bonchev–Trinajstić information content (AvgIpc) is 2.48. The lowest BCUT2D eigenvalue weighted by atomic mass is 10.1. The summed E-state index contributed by atoms with van der Waals surface area (Å²) < 4.78 is 78.9. The second-order valence-electron chi connectivity index (χ2n) is 4.85. The fourth-order valence-electron chi connectivity index (χ4n) is 1.83. The van der Waals surface area contributed by atoms with Crippen LogP contribution in [0, 0.1) is 0 Å². The number of carbonyl (C=O) groups excluding carboxylic acids is 1. The number of para-hydroxylation sites is 1. The number of alkyl halides is 6. The van der Waals surface area contributed by atoms with Crippen molar-refractivity contribution < 1.29 is 41.0 Å². The first-order valence-corrected chi connectivity index (χ1v) is 7.02. The SMILES string of the molecule is O=C(Nc1ccccc1C(F)(F)F)N(CCO)CCOCC(F)(F)F. The molecule has 1 aromatic rings. The molecular formula is C14H16F6N2O3. The number of amides is 2. The number of nitrogens with one attached hydrogen (secondary N) is 1. The molecule has 2 N–H and O–H groups in total. The lowest BCUT2D eigenvalue weighted by Crippen LogP contribution is -2.40. The van der Waals surface area contributed by atoms with E-state index in [9.17, 15) is 31.1 Å². The Kier molecular flexibility index (Phi) is 7.49. The Morgan fingerprint density at radius 3 is 2.32 bits per heavy atom. The van der Waals surface area contributed by atoms with Crippen molar-refractivity contribution in [3.05, 3.63) is 29.8 Å². The number of aliphatic hydroxyl groups is 1. The molecule has 0 saturated heterocycles. The summed E-state index contributed by atoms with van der Waals surface area (Å²) in [5.41, 5.74) is -1.57. The van der Waals surface area contributed by atoms with Gasteiger partial charge >= 0.3 is 18.4 Å². The number of nitrogens with zero attached hydrogens (tertiary/aromatic N) is 1. The van der Waals surface area contributed by atoms with E-state index in [0.29, 0.717) is 0 Å². The number of benzene rings is 1. The molecule has 1 rings (SSSR count). The Hall–Kier alpha value is -2.01. The summed E-state index contributed by atoms with van der Waals surface area (Å²) in [4.78, 5) is 12.9.